The number of hydrogen-bond acceptors (Lipinski definition) is 4. The van der Waals surface area contributed by atoms with Gasteiger partial charge in [0.2, 0.25) is 0 Å². The van der Waals surface area contributed by atoms with Crippen LogP contribution in [-0.2, 0) is 0 Å². The smallest absolute Gasteiger partial charge is 0.162 e. The number of fused-ring (bicyclic) bond motifs is 1. The summed E-state index contributed by atoms with van der Waals surface area (Å²) in [7, 11) is 0. The molecule has 4 heteroatoms. The Morgan fingerprint density at radius 3 is 2.68 bits per heavy atom. The van der Waals surface area contributed by atoms with Crippen LogP contribution in [0, 0.1) is 0 Å². The predicted octanol–water partition coefficient (Wildman–Crippen LogP) is 3.33. The molecule has 2 rings (SSSR count). The minimum absolute atomic E-state index is 0.560. The molecule has 0 fully saturated rings. The van der Waals surface area contributed by atoms with Crippen LogP contribution in [0.5, 0.6) is 11.5 Å². The first-order chi connectivity index (χ1) is 9.19. The largest absolute Gasteiger partial charge is 0.486 e. The molecule has 106 valence electrons. The molecule has 1 heterocycles. The van der Waals surface area contributed by atoms with Gasteiger partial charge >= 0.3 is 0 Å². The monoisotopic (exact) mass is 281 g/mol. The van der Waals surface area contributed by atoms with Crippen molar-refractivity contribution in [3.63, 3.8) is 0 Å². The van der Waals surface area contributed by atoms with Crippen LogP contribution in [0.3, 0.4) is 0 Å². The number of thioether (sulfide) groups is 1. The lowest BCUT2D eigenvalue weighted by atomic mass is 10.2. The summed E-state index contributed by atoms with van der Waals surface area (Å²) in [6.07, 6.45) is 1.16. The van der Waals surface area contributed by atoms with E-state index in [4.69, 9.17) is 9.47 Å². The van der Waals surface area contributed by atoms with Gasteiger partial charge in [0.25, 0.3) is 0 Å². The van der Waals surface area contributed by atoms with Crippen LogP contribution in [0.25, 0.3) is 0 Å². The molecule has 0 saturated carbocycles. The van der Waals surface area contributed by atoms with Crippen LogP contribution in [-0.4, -0.2) is 31.1 Å². The van der Waals surface area contributed by atoms with E-state index in [0.29, 0.717) is 24.5 Å². The standard InChI is InChI=1S/C15H23NO2S/c1-4-16-11(2)9-12(3)19-13-5-6-14-15(10-13)18-8-7-17-14/h5-6,10-12,16H,4,7-9H2,1-3H3. The molecule has 2 unspecified atom stereocenters. The van der Waals surface area contributed by atoms with Crippen molar-refractivity contribution in [3.8, 4) is 11.5 Å². The van der Waals surface area contributed by atoms with Crippen molar-refractivity contribution >= 4 is 11.8 Å². The lowest BCUT2D eigenvalue weighted by Gasteiger charge is -2.20. The summed E-state index contributed by atoms with van der Waals surface area (Å²) in [6.45, 7) is 8.99. The molecule has 0 aromatic heterocycles. The van der Waals surface area contributed by atoms with E-state index in [2.05, 4.69) is 38.2 Å². The molecular formula is C15H23NO2S. The van der Waals surface area contributed by atoms with Crippen LogP contribution in [0.2, 0.25) is 0 Å². The molecular weight excluding hydrogens is 258 g/mol. The highest BCUT2D eigenvalue weighted by Crippen LogP contribution is 2.36. The van der Waals surface area contributed by atoms with Crippen molar-refractivity contribution in [2.75, 3.05) is 19.8 Å². The van der Waals surface area contributed by atoms with E-state index >= 15 is 0 Å². The summed E-state index contributed by atoms with van der Waals surface area (Å²) in [5, 5.41) is 4.03. The molecule has 1 N–H and O–H groups in total. The predicted molar refractivity (Wildman–Crippen MR) is 80.5 cm³/mol. The van der Waals surface area contributed by atoms with Crippen molar-refractivity contribution in [1.29, 1.82) is 0 Å². The van der Waals surface area contributed by atoms with Crippen LogP contribution >= 0.6 is 11.8 Å². The van der Waals surface area contributed by atoms with Gasteiger partial charge in [-0.15, -0.1) is 11.8 Å². The van der Waals surface area contributed by atoms with E-state index in [0.717, 1.165) is 24.5 Å². The Hall–Kier alpha value is -0.870. The van der Waals surface area contributed by atoms with Crippen molar-refractivity contribution in [3.05, 3.63) is 18.2 Å². The second-order valence-electron chi connectivity index (χ2n) is 4.93. The molecule has 0 radical (unpaired) electrons. The van der Waals surface area contributed by atoms with E-state index in [1.807, 2.05) is 17.8 Å². The topological polar surface area (TPSA) is 30.5 Å². The van der Waals surface area contributed by atoms with Crippen molar-refractivity contribution in [1.82, 2.24) is 5.32 Å². The maximum atomic E-state index is 5.61. The Labute approximate surface area is 120 Å². The van der Waals surface area contributed by atoms with Crippen LogP contribution in [0.1, 0.15) is 27.2 Å². The summed E-state index contributed by atoms with van der Waals surface area (Å²) in [4.78, 5) is 1.25. The fraction of sp³-hybridized carbons (Fsp3) is 0.600. The van der Waals surface area contributed by atoms with Gasteiger partial charge in [-0.2, -0.15) is 0 Å². The fourth-order valence-electron chi connectivity index (χ4n) is 2.31. The first kappa shape index (κ1) is 14.5. The Kier molecular flexibility index (Phi) is 5.40. The zero-order valence-corrected chi connectivity index (χ0v) is 12.8. The minimum Gasteiger partial charge on any atom is -0.486 e. The van der Waals surface area contributed by atoms with Gasteiger partial charge < -0.3 is 14.8 Å². The number of rotatable bonds is 6. The highest BCUT2D eigenvalue weighted by molar-refractivity contribution is 7.99. The Morgan fingerprint density at radius 2 is 1.95 bits per heavy atom. The van der Waals surface area contributed by atoms with Crippen LogP contribution < -0.4 is 14.8 Å². The van der Waals surface area contributed by atoms with Gasteiger partial charge in [0.1, 0.15) is 13.2 Å². The Morgan fingerprint density at radius 1 is 1.21 bits per heavy atom. The van der Waals surface area contributed by atoms with Gasteiger partial charge in [-0.3, -0.25) is 0 Å². The lowest BCUT2D eigenvalue weighted by Crippen LogP contribution is -2.28. The zero-order valence-electron chi connectivity index (χ0n) is 11.9. The highest BCUT2D eigenvalue weighted by atomic mass is 32.2. The van der Waals surface area contributed by atoms with Gasteiger partial charge in [-0.05, 0) is 38.1 Å². The summed E-state index contributed by atoms with van der Waals surface area (Å²) in [6, 6.07) is 6.78. The van der Waals surface area contributed by atoms with E-state index in [-0.39, 0.29) is 0 Å². The van der Waals surface area contributed by atoms with E-state index in [9.17, 15) is 0 Å². The molecule has 1 aromatic carbocycles. The van der Waals surface area contributed by atoms with Crippen molar-refractivity contribution < 1.29 is 9.47 Å². The molecule has 0 aliphatic carbocycles. The molecule has 0 bridgehead atoms. The van der Waals surface area contributed by atoms with Crippen LogP contribution in [0.4, 0.5) is 0 Å². The normalized spacial score (nSPS) is 17.0. The molecule has 2 atom stereocenters. The highest BCUT2D eigenvalue weighted by Gasteiger charge is 2.14. The second kappa shape index (κ2) is 7.06. The van der Waals surface area contributed by atoms with Gasteiger partial charge in [-0.1, -0.05) is 13.8 Å². The molecule has 0 amide bonds. The number of nitrogens with one attached hydrogen (secondary N) is 1. The second-order valence-corrected chi connectivity index (χ2v) is 6.44. The van der Waals surface area contributed by atoms with E-state index in [1.165, 1.54) is 4.90 Å². The van der Waals surface area contributed by atoms with Gasteiger partial charge in [0.15, 0.2) is 11.5 Å². The first-order valence-corrected chi connectivity index (χ1v) is 7.86. The summed E-state index contributed by atoms with van der Waals surface area (Å²) < 4.78 is 11.2. The molecule has 1 aromatic rings. The molecule has 3 nitrogen and oxygen atoms in total. The Bertz CT molecular complexity index is 411. The third-order valence-corrected chi connectivity index (χ3v) is 4.21. The molecule has 0 spiro atoms. The van der Waals surface area contributed by atoms with Gasteiger partial charge in [-0.25, -0.2) is 0 Å². The summed E-state index contributed by atoms with van der Waals surface area (Å²) in [5.74, 6) is 1.74. The van der Waals surface area contributed by atoms with E-state index < -0.39 is 0 Å². The Balaban J connectivity index is 1.91. The van der Waals surface area contributed by atoms with Crippen LogP contribution in [0.15, 0.2) is 23.1 Å². The molecule has 0 saturated heterocycles. The third kappa shape index (κ3) is 4.32. The average molecular weight is 281 g/mol. The average Bonchev–Trinajstić information content (AvgIpc) is 2.38. The molecule has 1 aliphatic heterocycles. The zero-order chi connectivity index (χ0) is 13.7. The number of ether oxygens (including phenoxy) is 2. The minimum atomic E-state index is 0.560. The van der Waals surface area contributed by atoms with Gasteiger partial charge in [0, 0.05) is 16.2 Å². The quantitative estimate of drug-likeness (QED) is 0.810. The SMILES string of the molecule is CCNC(C)CC(C)Sc1ccc2c(c1)OCCO2. The summed E-state index contributed by atoms with van der Waals surface area (Å²) in [5.41, 5.74) is 0. The maximum absolute atomic E-state index is 5.61. The molecule has 1 aliphatic rings. The third-order valence-electron chi connectivity index (χ3n) is 3.09. The van der Waals surface area contributed by atoms with Crippen molar-refractivity contribution in [2.24, 2.45) is 0 Å². The maximum Gasteiger partial charge on any atom is 0.162 e. The number of hydrogen-bond donors (Lipinski definition) is 1. The van der Waals surface area contributed by atoms with Crippen molar-refractivity contribution in [2.45, 2.75) is 43.4 Å². The molecule has 19 heavy (non-hydrogen) atoms. The first-order valence-electron chi connectivity index (χ1n) is 6.98. The number of benzene rings is 1. The van der Waals surface area contributed by atoms with Gasteiger partial charge in [0.05, 0.1) is 0 Å². The lowest BCUT2D eigenvalue weighted by molar-refractivity contribution is 0.171. The van der Waals surface area contributed by atoms with E-state index in [1.54, 1.807) is 0 Å². The fourth-order valence-corrected chi connectivity index (χ4v) is 3.48. The summed E-state index contributed by atoms with van der Waals surface area (Å²) >= 11 is 1.90.